The Balaban J connectivity index is 2.07. The fourth-order valence-corrected chi connectivity index (χ4v) is 1.81. The van der Waals surface area contributed by atoms with Crippen LogP contribution in [0.3, 0.4) is 0 Å². The van der Waals surface area contributed by atoms with Crippen molar-refractivity contribution in [3.63, 3.8) is 0 Å². The zero-order chi connectivity index (χ0) is 13.9. The van der Waals surface area contributed by atoms with E-state index in [1.54, 1.807) is 25.1 Å². The van der Waals surface area contributed by atoms with E-state index < -0.39 is 5.60 Å². The zero-order valence-corrected chi connectivity index (χ0v) is 10.6. The second-order valence-electron chi connectivity index (χ2n) is 4.54. The molecule has 19 heavy (non-hydrogen) atoms. The van der Waals surface area contributed by atoms with E-state index in [1.165, 1.54) is 12.1 Å². The van der Waals surface area contributed by atoms with Crippen molar-refractivity contribution >= 4 is 11.6 Å². The molecule has 1 aromatic rings. The highest BCUT2D eigenvalue weighted by molar-refractivity contribution is 6.05. The highest BCUT2D eigenvalue weighted by atomic mass is 19.1. The Bertz CT molecular complexity index is 525. The lowest BCUT2D eigenvalue weighted by Gasteiger charge is -2.19. The van der Waals surface area contributed by atoms with Crippen molar-refractivity contribution in [2.24, 2.45) is 5.16 Å². The monoisotopic (exact) mass is 262 g/mol. The number of nitrogens with one attached hydrogen (secondary N) is 1. The zero-order valence-electron chi connectivity index (χ0n) is 10.6. The van der Waals surface area contributed by atoms with Gasteiger partial charge in [-0.1, -0.05) is 23.4 Å². The van der Waals surface area contributed by atoms with Crippen molar-refractivity contribution in [1.82, 2.24) is 5.32 Å². The third-order valence-corrected chi connectivity index (χ3v) is 2.93. The number of halogens is 1. The van der Waals surface area contributed by atoms with E-state index in [4.69, 9.17) is 4.84 Å². The van der Waals surface area contributed by atoms with Crippen LogP contribution < -0.4 is 5.32 Å². The summed E-state index contributed by atoms with van der Waals surface area (Å²) in [6.45, 7) is 5.58. The molecule has 0 unspecified atom stereocenters. The molecule has 2 rings (SSSR count). The summed E-state index contributed by atoms with van der Waals surface area (Å²) in [5.41, 5.74) is 0.366. The maximum absolute atomic E-state index is 12.8. The number of rotatable bonds is 4. The van der Waals surface area contributed by atoms with Gasteiger partial charge < -0.3 is 10.2 Å². The average Bonchev–Trinajstić information content (AvgIpc) is 2.81. The molecular weight excluding hydrogens is 247 g/mol. The summed E-state index contributed by atoms with van der Waals surface area (Å²) in [7, 11) is 0. The standard InChI is InChI=1S/C14H15FN2O2/c1-3-8-16-13(18)14(2)9-12(17-19-14)10-4-6-11(15)7-5-10/h3-7H,1,8-9H2,2H3,(H,16,18)/t14-/m0/s1. The van der Waals surface area contributed by atoms with Gasteiger partial charge in [-0.3, -0.25) is 4.79 Å². The molecule has 0 fully saturated rings. The number of carbonyl (C=O) groups excluding carboxylic acids is 1. The first kappa shape index (κ1) is 13.3. The Morgan fingerprint density at radius 1 is 1.58 bits per heavy atom. The molecule has 0 saturated heterocycles. The fraction of sp³-hybridized carbons (Fsp3) is 0.286. The number of hydrogen-bond donors (Lipinski definition) is 1. The van der Waals surface area contributed by atoms with Crippen LogP contribution in [-0.4, -0.2) is 23.8 Å². The Kier molecular flexibility index (Phi) is 3.64. The Labute approximate surface area is 110 Å². The van der Waals surface area contributed by atoms with Crippen LogP contribution in [-0.2, 0) is 9.63 Å². The van der Waals surface area contributed by atoms with Crippen LogP contribution in [0.25, 0.3) is 0 Å². The number of benzene rings is 1. The molecule has 4 nitrogen and oxygen atoms in total. The molecule has 0 spiro atoms. The normalized spacial score (nSPS) is 21.5. The number of hydrogen-bond acceptors (Lipinski definition) is 3. The third kappa shape index (κ3) is 2.81. The van der Waals surface area contributed by atoms with E-state index in [0.717, 1.165) is 5.56 Å². The van der Waals surface area contributed by atoms with Crippen LogP contribution in [0.2, 0.25) is 0 Å². The summed E-state index contributed by atoms with van der Waals surface area (Å²) in [4.78, 5) is 17.2. The number of oxime groups is 1. The van der Waals surface area contributed by atoms with E-state index in [-0.39, 0.29) is 11.7 Å². The summed E-state index contributed by atoms with van der Waals surface area (Å²) in [6, 6.07) is 5.94. The van der Waals surface area contributed by atoms with Crippen molar-refractivity contribution in [2.45, 2.75) is 18.9 Å². The minimum absolute atomic E-state index is 0.242. The lowest BCUT2D eigenvalue weighted by Crippen LogP contribution is -2.44. The van der Waals surface area contributed by atoms with Crippen molar-refractivity contribution in [3.8, 4) is 0 Å². The molecule has 1 aliphatic rings. The molecule has 1 atom stereocenters. The molecule has 0 aromatic heterocycles. The minimum Gasteiger partial charge on any atom is -0.379 e. The molecule has 1 heterocycles. The quantitative estimate of drug-likeness (QED) is 0.844. The van der Waals surface area contributed by atoms with Gasteiger partial charge in [-0.2, -0.15) is 0 Å². The smallest absolute Gasteiger partial charge is 0.267 e. The molecular formula is C14H15FN2O2. The maximum atomic E-state index is 12.8. The SMILES string of the molecule is C=CCNC(=O)[C@]1(C)CC(c2ccc(F)cc2)=NO1. The Morgan fingerprint density at radius 2 is 2.26 bits per heavy atom. The predicted molar refractivity (Wildman–Crippen MR) is 70.3 cm³/mol. The van der Waals surface area contributed by atoms with Crippen LogP contribution in [0.4, 0.5) is 4.39 Å². The summed E-state index contributed by atoms with van der Waals surface area (Å²) < 4.78 is 12.8. The second kappa shape index (κ2) is 5.22. The van der Waals surface area contributed by atoms with Gasteiger partial charge in [0.2, 0.25) is 5.60 Å². The summed E-state index contributed by atoms with van der Waals surface area (Å²) in [5.74, 6) is -0.553. The van der Waals surface area contributed by atoms with Gasteiger partial charge in [0.25, 0.3) is 5.91 Å². The van der Waals surface area contributed by atoms with E-state index >= 15 is 0 Å². The molecule has 0 radical (unpaired) electrons. The van der Waals surface area contributed by atoms with Crippen LogP contribution >= 0.6 is 0 Å². The number of carbonyl (C=O) groups is 1. The summed E-state index contributed by atoms with van der Waals surface area (Å²) in [6.07, 6.45) is 1.94. The first-order valence-corrected chi connectivity index (χ1v) is 5.95. The lowest BCUT2D eigenvalue weighted by atomic mass is 9.95. The minimum atomic E-state index is -1.02. The molecule has 5 heteroatoms. The number of amides is 1. The molecule has 1 aliphatic heterocycles. The molecule has 100 valence electrons. The van der Waals surface area contributed by atoms with Crippen molar-refractivity contribution in [2.75, 3.05) is 6.54 Å². The van der Waals surface area contributed by atoms with Crippen molar-refractivity contribution in [3.05, 3.63) is 48.3 Å². The first-order valence-electron chi connectivity index (χ1n) is 5.95. The van der Waals surface area contributed by atoms with Gasteiger partial charge in [0.1, 0.15) is 5.82 Å². The van der Waals surface area contributed by atoms with E-state index in [2.05, 4.69) is 17.1 Å². The van der Waals surface area contributed by atoms with Gasteiger partial charge in [0.15, 0.2) is 0 Å². The third-order valence-electron chi connectivity index (χ3n) is 2.93. The largest absolute Gasteiger partial charge is 0.379 e. The molecule has 0 saturated carbocycles. The Morgan fingerprint density at radius 3 is 2.89 bits per heavy atom. The van der Waals surface area contributed by atoms with Gasteiger partial charge in [-0.05, 0) is 24.6 Å². The predicted octanol–water partition coefficient (Wildman–Crippen LogP) is 2.01. The lowest BCUT2D eigenvalue weighted by molar-refractivity contribution is -0.141. The molecule has 1 amide bonds. The van der Waals surface area contributed by atoms with Gasteiger partial charge >= 0.3 is 0 Å². The van der Waals surface area contributed by atoms with Gasteiger partial charge in [0.05, 0.1) is 5.71 Å². The van der Waals surface area contributed by atoms with E-state index in [0.29, 0.717) is 18.7 Å². The summed E-state index contributed by atoms with van der Waals surface area (Å²) >= 11 is 0. The topological polar surface area (TPSA) is 50.7 Å². The van der Waals surface area contributed by atoms with Gasteiger partial charge in [0, 0.05) is 13.0 Å². The highest BCUT2D eigenvalue weighted by Gasteiger charge is 2.41. The van der Waals surface area contributed by atoms with Crippen LogP contribution in [0.5, 0.6) is 0 Å². The first-order chi connectivity index (χ1) is 9.05. The van der Waals surface area contributed by atoms with Gasteiger partial charge in [-0.25, -0.2) is 4.39 Å². The molecule has 0 bridgehead atoms. The summed E-state index contributed by atoms with van der Waals surface area (Å²) in [5, 5.41) is 6.61. The van der Waals surface area contributed by atoms with Crippen LogP contribution in [0.15, 0.2) is 42.1 Å². The van der Waals surface area contributed by atoms with E-state index in [1.807, 2.05) is 0 Å². The van der Waals surface area contributed by atoms with Gasteiger partial charge in [-0.15, -0.1) is 6.58 Å². The van der Waals surface area contributed by atoms with E-state index in [9.17, 15) is 9.18 Å². The maximum Gasteiger partial charge on any atom is 0.267 e. The van der Waals surface area contributed by atoms with Crippen LogP contribution in [0, 0.1) is 5.82 Å². The molecule has 1 aromatic carbocycles. The molecule has 1 N–H and O–H groups in total. The fourth-order valence-electron chi connectivity index (χ4n) is 1.81. The average molecular weight is 262 g/mol. The van der Waals surface area contributed by atoms with Crippen LogP contribution in [0.1, 0.15) is 18.9 Å². The molecule has 0 aliphatic carbocycles. The number of nitrogens with zero attached hydrogens (tertiary/aromatic N) is 1. The van der Waals surface area contributed by atoms with Crippen molar-refractivity contribution in [1.29, 1.82) is 0 Å². The second-order valence-corrected chi connectivity index (χ2v) is 4.54. The Hall–Kier alpha value is -2.17. The van der Waals surface area contributed by atoms with Crippen molar-refractivity contribution < 1.29 is 14.0 Å². The highest BCUT2D eigenvalue weighted by Crippen LogP contribution is 2.26.